The van der Waals surface area contributed by atoms with E-state index in [1.54, 1.807) is 11.3 Å². The lowest BCUT2D eigenvalue weighted by Crippen LogP contribution is -2.38. The molecule has 25 heavy (non-hydrogen) atoms. The average molecular weight is 355 g/mol. The van der Waals surface area contributed by atoms with Crippen molar-refractivity contribution in [1.29, 1.82) is 0 Å². The van der Waals surface area contributed by atoms with Gasteiger partial charge in [-0.15, -0.1) is 12.4 Å². The van der Waals surface area contributed by atoms with Gasteiger partial charge in [0.1, 0.15) is 0 Å². The highest BCUT2D eigenvalue weighted by Gasteiger charge is 2.42. The maximum Gasteiger partial charge on any atom is 0.0364 e. The van der Waals surface area contributed by atoms with Crippen LogP contribution in [0.5, 0.6) is 0 Å². The molecule has 2 unspecified atom stereocenters. The Labute approximate surface area is 156 Å². The van der Waals surface area contributed by atoms with E-state index >= 15 is 0 Å². The van der Waals surface area contributed by atoms with Gasteiger partial charge in [0.05, 0.1) is 0 Å². The molecular weight excluding hydrogens is 328 g/mol. The van der Waals surface area contributed by atoms with E-state index in [0.29, 0.717) is 0 Å². The molecule has 2 bridgehead atoms. The molecule has 3 heteroatoms. The van der Waals surface area contributed by atoms with Gasteiger partial charge in [0, 0.05) is 31.8 Å². The fraction of sp³-hybridized carbons (Fsp3) is 0.455. The zero-order valence-electron chi connectivity index (χ0n) is 14.9. The summed E-state index contributed by atoms with van der Waals surface area (Å²) < 4.78 is 0. The van der Waals surface area contributed by atoms with E-state index in [1.165, 1.54) is 61.5 Å². The van der Waals surface area contributed by atoms with Crippen LogP contribution in [0.25, 0.3) is 16.3 Å². The molecule has 2 aromatic rings. The van der Waals surface area contributed by atoms with Gasteiger partial charge in [-0.05, 0) is 66.0 Å². The lowest BCUT2D eigenvalue weighted by molar-refractivity contribution is 0.0518. The Hall–Kier alpha value is -1.51. The van der Waals surface area contributed by atoms with E-state index in [-0.39, 0.29) is 12.4 Å². The molecule has 0 spiro atoms. The summed E-state index contributed by atoms with van der Waals surface area (Å²) in [6.07, 6.45) is 6.82. The van der Waals surface area contributed by atoms with E-state index in [4.69, 9.17) is 0 Å². The second-order valence-electron chi connectivity index (χ2n) is 7.75. The number of hydrogen-bond acceptors (Lipinski definition) is 2. The Morgan fingerprint density at radius 1 is 0.920 bits per heavy atom. The first-order valence-corrected chi connectivity index (χ1v) is 9.53. The molecule has 0 aromatic heterocycles. The number of hydrogen-bond donors (Lipinski definition) is 0. The maximum atomic E-state index is 2.57. The molecular formula is C22H27ClN2. The lowest BCUT2D eigenvalue weighted by Gasteiger charge is -2.36. The molecule has 0 amide bonds. The van der Waals surface area contributed by atoms with Gasteiger partial charge in [-0.1, -0.05) is 36.4 Å². The van der Waals surface area contributed by atoms with Crippen molar-refractivity contribution in [2.24, 2.45) is 11.8 Å². The van der Waals surface area contributed by atoms with Crippen LogP contribution < -0.4 is 0 Å². The van der Waals surface area contributed by atoms with Gasteiger partial charge in [0.2, 0.25) is 0 Å². The summed E-state index contributed by atoms with van der Waals surface area (Å²) in [7, 11) is 2.31. The lowest BCUT2D eigenvalue weighted by atomic mass is 9.89. The third-order valence-corrected chi connectivity index (χ3v) is 6.42. The number of halogens is 1. The normalized spacial score (nSPS) is 25.6. The molecule has 2 aliphatic carbocycles. The van der Waals surface area contributed by atoms with Gasteiger partial charge >= 0.3 is 0 Å². The van der Waals surface area contributed by atoms with Gasteiger partial charge in [-0.2, -0.15) is 0 Å². The first-order valence-electron chi connectivity index (χ1n) is 9.53. The minimum atomic E-state index is 0. The fourth-order valence-electron chi connectivity index (χ4n) is 5.25. The highest BCUT2D eigenvalue weighted by Crippen LogP contribution is 2.53. The van der Waals surface area contributed by atoms with Crippen molar-refractivity contribution >= 4 is 28.8 Å². The maximum absolute atomic E-state index is 2.57. The Bertz CT molecular complexity index is 807. The van der Waals surface area contributed by atoms with Crippen LogP contribution in [-0.4, -0.2) is 30.2 Å². The average Bonchev–Trinajstić information content (AvgIpc) is 3.36. The smallest absolute Gasteiger partial charge is 0.0364 e. The third kappa shape index (κ3) is 2.76. The van der Waals surface area contributed by atoms with E-state index < -0.39 is 0 Å². The summed E-state index contributed by atoms with van der Waals surface area (Å²) in [6, 6.07) is 15.8. The molecule has 0 N–H and O–H groups in total. The first kappa shape index (κ1) is 16.9. The zero-order valence-corrected chi connectivity index (χ0v) is 15.8. The number of hydrazine groups is 1. The molecule has 3 aliphatic rings. The summed E-state index contributed by atoms with van der Waals surface area (Å²) >= 11 is 0. The van der Waals surface area contributed by atoms with Crippen molar-refractivity contribution in [3.8, 4) is 0 Å². The minimum Gasteiger partial charge on any atom is -0.312 e. The quantitative estimate of drug-likeness (QED) is 0.733. The first-order chi connectivity index (χ1) is 11.8. The Kier molecular flexibility index (Phi) is 4.51. The van der Waals surface area contributed by atoms with Gasteiger partial charge in [-0.25, -0.2) is 5.01 Å². The van der Waals surface area contributed by atoms with Crippen molar-refractivity contribution in [2.75, 3.05) is 20.1 Å². The summed E-state index contributed by atoms with van der Waals surface area (Å²) in [5.74, 6) is 1.55. The molecule has 1 heterocycles. The van der Waals surface area contributed by atoms with Gasteiger partial charge in [0.15, 0.2) is 0 Å². The van der Waals surface area contributed by atoms with Gasteiger partial charge in [0.25, 0.3) is 0 Å². The van der Waals surface area contributed by atoms with Crippen LogP contribution in [0.4, 0.5) is 0 Å². The number of benzene rings is 2. The summed E-state index contributed by atoms with van der Waals surface area (Å²) in [5, 5.41) is 7.81. The van der Waals surface area contributed by atoms with Gasteiger partial charge in [-0.3, -0.25) is 0 Å². The molecule has 0 radical (unpaired) electrons. The van der Waals surface area contributed by atoms with Crippen molar-refractivity contribution < 1.29 is 0 Å². The summed E-state index contributed by atoms with van der Waals surface area (Å²) in [5.41, 5.74) is 4.73. The van der Waals surface area contributed by atoms with Crippen LogP contribution in [0, 0.1) is 11.8 Å². The summed E-state index contributed by atoms with van der Waals surface area (Å²) in [6.45, 7) is 2.45. The number of allylic oxidation sites excluding steroid dienone is 2. The third-order valence-electron chi connectivity index (χ3n) is 6.42. The summed E-state index contributed by atoms with van der Waals surface area (Å²) in [4.78, 5) is 0. The highest BCUT2D eigenvalue weighted by molar-refractivity contribution is 5.87. The van der Waals surface area contributed by atoms with Crippen LogP contribution in [0.15, 0.2) is 48.2 Å². The van der Waals surface area contributed by atoms with Crippen molar-refractivity contribution in [3.63, 3.8) is 0 Å². The molecule has 1 aliphatic heterocycles. The van der Waals surface area contributed by atoms with E-state index in [0.717, 1.165) is 11.8 Å². The predicted octanol–water partition coefficient (Wildman–Crippen LogP) is 5.35. The molecule has 2 nitrogen and oxygen atoms in total. The minimum absolute atomic E-state index is 0. The van der Waals surface area contributed by atoms with Gasteiger partial charge < -0.3 is 5.01 Å². The van der Waals surface area contributed by atoms with E-state index in [1.807, 2.05) is 0 Å². The monoisotopic (exact) mass is 354 g/mol. The molecule has 2 aromatic carbocycles. The van der Waals surface area contributed by atoms with E-state index in [9.17, 15) is 0 Å². The van der Waals surface area contributed by atoms with Crippen LogP contribution >= 0.6 is 12.4 Å². The second-order valence-corrected chi connectivity index (χ2v) is 7.75. The molecule has 2 atom stereocenters. The van der Waals surface area contributed by atoms with Crippen molar-refractivity contribution in [3.05, 3.63) is 53.7 Å². The van der Waals surface area contributed by atoms with Crippen LogP contribution in [0.3, 0.4) is 0 Å². The van der Waals surface area contributed by atoms with E-state index in [2.05, 4.69) is 59.5 Å². The van der Waals surface area contributed by atoms with Crippen molar-refractivity contribution in [1.82, 2.24) is 10.0 Å². The number of nitrogens with zero attached hydrogens (tertiary/aromatic N) is 2. The number of fused-ring (bicyclic) bond motifs is 3. The predicted molar refractivity (Wildman–Crippen MR) is 108 cm³/mol. The van der Waals surface area contributed by atoms with Crippen LogP contribution in [-0.2, 0) is 0 Å². The Morgan fingerprint density at radius 3 is 2.44 bits per heavy atom. The second kappa shape index (κ2) is 6.66. The molecule has 1 saturated carbocycles. The topological polar surface area (TPSA) is 6.48 Å². The van der Waals surface area contributed by atoms with Crippen LogP contribution in [0.2, 0.25) is 0 Å². The largest absolute Gasteiger partial charge is 0.312 e. The standard InChI is InChI=1S/C22H26N2.ClH/c1-23(24-12-4-5-13-24)22-20-11-10-19(15-20)21(22)18-9-8-16-6-2-3-7-17(16)14-18;/h2-3,6-9,14,19-20H,4-5,10-13,15H2,1H3;1H. The number of rotatable bonds is 3. The fourth-order valence-corrected chi connectivity index (χ4v) is 5.25. The Morgan fingerprint density at radius 2 is 1.64 bits per heavy atom. The molecule has 2 fully saturated rings. The molecule has 5 rings (SSSR count). The highest BCUT2D eigenvalue weighted by atomic mass is 35.5. The Balaban J connectivity index is 0.00000157. The molecule has 1 saturated heterocycles. The molecule has 132 valence electrons. The van der Waals surface area contributed by atoms with Crippen molar-refractivity contribution in [2.45, 2.75) is 32.1 Å². The SMILES string of the molecule is CN(C1=C(c2ccc3ccccc3c2)C2CCC1C2)N1CCCC1.Cl. The van der Waals surface area contributed by atoms with Crippen LogP contribution in [0.1, 0.15) is 37.7 Å². The zero-order chi connectivity index (χ0) is 16.1.